The Bertz CT molecular complexity index is 270. The van der Waals surface area contributed by atoms with E-state index in [4.69, 9.17) is 0 Å². The quantitative estimate of drug-likeness (QED) is 0.599. The molecular weight excluding hydrogens is 146 g/mol. The van der Waals surface area contributed by atoms with Crippen LogP contribution in [0.1, 0.15) is 18.9 Å². The molecule has 0 aromatic heterocycles. The molecule has 1 aromatic rings. The van der Waals surface area contributed by atoms with Crippen molar-refractivity contribution in [2.24, 2.45) is 4.99 Å². The van der Waals surface area contributed by atoms with Crippen molar-refractivity contribution in [2.75, 3.05) is 0 Å². The third kappa shape index (κ3) is 2.35. The van der Waals surface area contributed by atoms with Gasteiger partial charge in [-0.25, -0.2) is 0 Å². The van der Waals surface area contributed by atoms with Gasteiger partial charge in [-0.05, 0) is 24.1 Å². The monoisotopic (exact) mass is 159 g/mol. The zero-order valence-electron chi connectivity index (χ0n) is 7.33. The lowest BCUT2D eigenvalue weighted by Crippen LogP contribution is -1.71. The molecule has 0 aliphatic carbocycles. The van der Waals surface area contributed by atoms with Gasteiger partial charge in [0, 0.05) is 6.21 Å². The van der Waals surface area contributed by atoms with Crippen LogP contribution >= 0.6 is 0 Å². The Kier molecular flexibility index (Phi) is 3.27. The molecule has 0 bridgehead atoms. The van der Waals surface area contributed by atoms with Crippen molar-refractivity contribution >= 4 is 18.0 Å². The summed E-state index contributed by atoms with van der Waals surface area (Å²) in [5, 5.41) is 0. The number of benzene rings is 1. The molecule has 1 heteroatoms. The second-order valence-electron chi connectivity index (χ2n) is 2.52. The highest BCUT2D eigenvalue weighted by atomic mass is 14.7. The second kappa shape index (κ2) is 4.50. The first-order valence-electron chi connectivity index (χ1n) is 4.12. The minimum Gasteiger partial charge on any atom is -0.261 e. The van der Waals surface area contributed by atoms with Crippen LogP contribution in [0, 0.1) is 0 Å². The van der Waals surface area contributed by atoms with Crippen molar-refractivity contribution < 1.29 is 0 Å². The van der Waals surface area contributed by atoms with Crippen LogP contribution in [0.2, 0.25) is 0 Å². The van der Waals surface area contributed by atoms with E-state index in [1.807, 2.05) is 36.6 Å². The Hall–Kier alpha value is -1.37. The van der Waals surface area contributed by atoms with Crippen molar-refractivity contribution in [1.29, 1.82) is 0 Å². The van der Waals surface area contributed by atoms with E-state index in [1.165, 1.54) is 0 Å². The first-order chi connectivity index (χ1) is 5.86. The van der Waals surface area contributed by atoms with Crippen molar-refractivity contribution in [2.45, 2.75) is 13.3 Å². The highest BCUT2D eigenvalue weighted by Crippen LogP contribution is 2.12. The van der Waals surface area contributed by atoms with Gasteiger partial charge in [0.2, 0.25) is 0 Å². The number of hydrogen-bond donors (Lipinski definition) is 0. The van der Waals surface area contributed by atoms with Crippen LogP contribution in [0.15, 0.2) is 35.8 Å². The van der Waals surface area contributed by atoms with E-state index in [1.54, 1.807) is 0 Å². The molecule has 0 saturated carbocycles. The van der Waals surface area contributed by atoms with Crippen LogP contribution < -0.4 is 0 Å². The third-order valence-electron chi connectivity index (χ3n) is 1.55. The van der Waals surface area contributed by atoms with Gasteiger partial charge in [-0.15, -0.1) is 0 Å². The van der Waals surface area contributed by atoms with E-state index in [2.05, 4.69) is 18.5 Å². The summed E-state index contributed by atoms with van der Waals surface area (Å²) in [7, 11) is 0. The maximum absolute atomic E-state index is 4.24. The zero-order valence-corrected chi connectivity index (χ0v) is 7.33. The summed E-state index contributed by atoms with van der Waals surface area (Å²) in [6, 6.07) is 8.00. The van der Waals surface area contributed by atoms with Gasteiger partial charge in [-0.1, -0.05) is 31.7 Å². The molecule has 1 aromatic carbocycles. The van der Waals surface area contributed by atoms with E-state index in [-0.39, 0.29) is 0 Å². The van der Waals surface area contributed by atoms with Crippen LogP contribution in [0.4, 0.5) is 5.69 Å². The van der Waals surface area contributed by atoms with Crippen LogP contribution in [0.25, 0.3) is 6.08 Å². The van der Waals surface area contributed by atoms with Crippen LogP contribution in [-0.2, 0) is 0 Å². The van der Waals surface area contributed by atoms with Gasteiger partial charge in [0.1, 0.15) is 0 Å². The van der Waals surface area contributed by atoms with Crippen LogP contribution in [-0.4, -0.2) is 6.21 Å². The standard InChI is InChI=1S/C11H13N/c1-3-9-12-11-7-5-10(4-2)6-8-11/h4-9H,2-3H2,1H3. The minimum atomic E-state index is 0.975. The minimum absolute atomic E-state index is 0.975. The molecule has 0 unspecified atom stereocenters. The smallest absolute Gasteiger partial charge is 0.0626 e. The zero-order chi connectivity index (χ0) is 8.81. The topological polar surface area (TPSA) is 12.4 Å². The van der Waals surface area contributed by atoms with Crippen LogP contribution in [0.5, 0.6) is 0 Å². The van der Waals surface area contributed by atoms with Gasteiger partial charge in [0.05, 0.1) is 5.69 Å². The molecular formula is C11H13N. The predicted octanol–water partition coefficient (Wildman–Crippen LogP) is 3.44. The molecule has 0 saturated heterocycles. The highest BCUT2D eigenvalue weighted by Gasteiger charge is 1.86. The molecule has 0 heterocycles. The van der Waals surface area contributed by atoms with Crippen molar-refractivity contribution in [3.8, 4) is 0 Å². The third-order valence-corrected chi connectivity index (χ3v) is 1.55. The first kappa shape index (κ1) is 8.72. The van der Waals surface area contributed by atoms with Gasteiger partial charge in [-0.2, -0.15) is 0 Å². The van der Waals surface area contributed by atoms with Gasteiger partial charge in [0.25, 0.3) is 0 Å². The Morgan fingerprint density at radius 3 is 2.50 bits per heavy atom. The highest BCUT2D eigenvalue weighted by molar-refractivity contribution is 5.63. The summed E-state index contributed by atoms with van der Waals surface area (Å²) in [5.74, 6) is 0. The largest absolute Gasteiger partial charge is 0.261 e. The second-order valence-corrected chi connectivity index (χ2v) is 2.52. The Morgan fingerprint density at radius 1 is 1.33 bits per heavy atom. The summed E-state index contributed by atoms with van der Waals surface area (Å²) in [6.45, 7) is 5.76. The Balaban J connectivity index is 2.77. The Labute approximate surface area is 73.5 Å². The average Bonchev–Trinajstić information content (AvgIpc) is 2.15. The predicted molar refractivity (Wildman–Crippen MR) is 55.0 cm³/mol. The van der Waals surface area contributed by atoms with E-state index < -0.39 is 0 Å². The lowest BCUT2D eigenvalue weighted by molar-refractivity contribution is 1.31. The maximum atomic E-state index is 4.24. The van der Waals surface area contributed by atoms with Gasteiger partial charge >= 0.3 is 0 Å². The van der Waals surface area contributed by atoms with Gasteiger partial charge in [0.15, 0.2) is 0 Å². The lowest BCUT2D eigenvalue weighted by Gasteiger charge is -1.93. The molecule has 0 N–H and O–H groups in total. The number of rotatable bonds is 3. The van der Waals surface area contributed by atoms with Crippen molar-refractivity contribution in [1.82, 2.24) is 0 Å². The molecule has 0 amide bonds. The SMILES string of the molecule is C=Cc1ccc(N=CCC)cc1. The molecule has 0 radical (unpaired) electrons. The van der Waals surface area contributed by atoms with E-state index in [0.29, 0.717) is 0 Å². The summed E-state index contributed by atoms with van der Waals surface area (Å²) in [5.41, 5.74) is 2.13. The first-order valence-corrected chi connectivity index (χ1v) is 4.12. The molecule has 12 heavy (non-hydrogen) atoms. The molecule has 0 atom stereocenters. The van der Waals surface area contributed by atoms with Crippen LogP contribution in [0.3, 0.4) is 0 Å². The summed E-state index contributed by atoms with van der Waals surface area (Å²) < 4.78 is 0. The van der Waals surface area contributed by atoms with Gasteiger partial charge < -0.3 is 0 Å². The average molecular weight is 159 g/mol. The summed E-state index contributed by atoms with van der Waals surface area (Å²) in [6.07, 6.45) is 4.71. The molecule has 0 spiro atoms. The fourth-order valence-electron chi connectivity index (χ4n) is 0.893. The molecule has 0 fully saturated rings. The van der Waals surface area contributed by atoms with E-state index in [9.17, 15) is 0 Å². The molecule has 1 rings (SSSR count). The number of hydrogen-bond acceptors (Lipinski definition) is 1. The molecule has 0 aliphatic heterocycles. The van der Waals surface area contributed by atoms with E-state index >= 15 is 0 Å². The molecule has 1 nitrogen and oxygen atoms in total. The summed E-state index contributed by atoms with van der Waals surface area (Å²) in [4.78, 5) is 4.24. The number of aliphatic imine (C=N–C) groups is 1. The lowest BCUT2D eigenvalue weighted by atomic mass is 10.2. The number of nitrogens with zero attached hydrogens (tertiary/aromatic N) is 1. The van der Waals surface area contributed by atoms with E-state index in [0.717, 1.165) is 17.7 Å². The summed E-state index contributed by atoms with van der Waals surface area (Å²) >= 11 is 0. The maximum Gasteiger partial charge on any atom is 0.0626 e. The Morgan fingerprint density at radius 2 is 2.00 bits per heavy atom. The van der Waals surface area contributed by atoms with Gasteiger partial charge in [-0.3, -0.25) is 4.99 Å². The van der Waals surface area contributed by atoms with Crippen molar-refractivity contribution in [3.05, 3.63) is 36.4 Å². The fraction of sp³-hybridized carbons (Fsp3) is 0.182. The fourth-order valence-corrected chi connectivity index (χ4v) is 0.893. The molecule has 62 valence electrons. The molecule has 0 aliphatic rings. The normalized spacial score (nSPS) is 10.4. The van der Waals surface area contributed by atoms with Crippen molar-refractivity contribution in [3.63, 3.8) is 0 Å².